The van der Waals surface area contributed by atoms with Crippen molar-refractivity contribution in [3.63, 3.8) is 0 Å². The smallest absolute Gasteiger partial charge is 0.335 e. The number of aromatic hydroxyl groups is 1. The second-order valence-electron chi connectivity index (χ2n) is 4.29. The lowest BCUT2D eigenvalue weighted by atomic mass is 9.97. The molecule has 0 aromatic heterocycles. The molecule has 20 heavy (non-hydrogen) atoms. The van der Waals surface area contributed by atoms with Gasteiger partial charge in [0.2, 0.25) is 0 Å². The van der Waals surface area contributed by atoms with Crippen molar-refractivity contribution >= 4 is 17.6 Å². The number of phenols is 1. The van der Waals surface area contributed by atoms with Crippen molar-refractivity contribution in [2.75, 3.05) is 7.11 Å². The summed E-state index contributed by atoms with van der Waals surface area (Å²) in [5.41, 5.74) is 1.83. The minimum atomic E-state index is -1.09. The first-order chi connectivity index (χ1) is 9.45. The van der Waals surface area contributed by atoms with Crippen molar-refractivity contribution in [2.24, 2.45) is 0 Å². The highest BCUT2D eigenvalue weighted by molar-refractivity contribution is 6.31. The van der Waals surface area contributed by atoms with E-state index < -0.39 is 5.97 Å². The Morgan fingerprint density at radius 1 is 1.25 bits per heavy atom. The third kappa shape index (κ3) is 2.42. The van der Waals surface area contributed by atoms with Crippen molar-refractivity contribution in [3.05, 3.63) is 46.5 Å². The van der Waals surface area contributed by atoms with E-state index in [1.165, 1.54) is 19.2 Å². The largest absolute Gasteiger partial charge is 0.504 e. The molecule has 2 N–H and O–H groups in total. The van der Waals surface area contributed by atoms with E-state index in [2.05, 4.69) is 0 Å². The summed E-state index contributed by atoms with van der Waals surface area (Å²) < 4.78 is 5.02. The number of carboxylic acids is 1. The summed E-state index contributed by atoms with van der Waals surface area (Å²) in [4.78, 5) is 11.2. The summed E-state index contributed by atoms with van der Waals surface area (Å²) in [5, 5.41) is 19.9. The quantitative estimate of drug-likeness (QED) is 0.904. The molecule has 0 aliphatic heterocycles. The number of hydrogen-bond donors (Lipinski definition) is 2. The first-order valence-electron chi connectivity index (χ1n) is 5.85. The first kappa shape index (κ1) is 14.2. The molecule has 4 nitrogen and oxygen atoms in total. The van der Waals surface area contributed by atoms with Crippen LogP contribution < -0.4 is 4.74 Å². The number of halogens is 1. The van der Waals surface area contributed by atoms with Crippen LogP contribution in [0.3, 0.4) is 0 Å². The molecule has 0 saturated carbocycles. The van der Waals surface area contributed by atoms with E-state index in [9.17, 15) is 9.90 Å². The van der Waals surface area contributed by atoms with Gasteiger partial charge in [0.05, 0.1) is 12.7 Å². The standard InChI is InChI=1S/C15H13ClO4/c1-8-10(4-3-5-12(8)16)11-6-9(15(18)19)7-13(20-2)14(11)17/h3-7,17H,1-2H3,(H,18,19). The van der Waals surface area contributed by atoms with E-state index in [1.54, 1.807) is 25.1 Å². The van der Waals surface area contributed by atoms with E-state index in [-0.39, 0.29) is 17.1 Å². The summed E-state index contributed by atoms with van der Waals surface area (Å²) in [6.07, 6.45) is 0. The molecule has 2 rings (SSSR count). The van der Waals surface area contributed by atoms with Gasteiger partial charge in [-0.05, 0) is 36.2 Å². The Kier molecular flexibility index (Phi) is 3.86. The van der Waals surface area contributed by atoms with Gasteiger partial charge in [-0.1, -0.05) is 23.7 Å². The predicted octanol–water partition coefficient (Wildman–Crippen LogP) is 3.73. The summed E-state index contributed by atoms with van der Waals surface area (Å²) >= 11 is 6.06. The molecule has 0 aliphatic carbocycles. The zero-order valence-corrected chi connectivity index (χ0v) is 11.7. The van der Waals surface area contributed by atoms with Crippen LogP contribution in [0.1, 0.15) is 15.9 Å². The van der Waals surface area contributed by atoms with Crippen LogP contribution in [0.2, 0.25) is 5.02 Å². The van der Waals surface area contributed by atoms with Crippen LogP contribution in [0.4, 0.5) is 0 Å². The van der Waals surface area contributed by atoms with Gasteiger partial charge in [-0.25, -0.2) is 4.79 Å². The fraction of sp³-hybridized carbons (Fsp3) is 0.133. The molecule has 0 saturated heterocycles. The van der Waals surface area contributed by atoms with Crippen LogP contribution in [0.5, 0.6) is 11.5 Å². The Hall–Kier alpha value is -2.20. The molecule has 0 spiro atoms. The van der Waals surface area contributed by atoms with Crippen LogP contribution in [-0.2, 0) is 0 Å². The van der Waals surface area contributed by atoms with E-state index >= 15 is 0 Å². The Balaban J connectivity index is 2.75. The molecule has 0 fully saturated rings. The second-order valence-corrected chi connectivity index (χ2v) is 4.70. The Bertz CT molecular complexity index is 680. The van der Waals surface area contributed by atoms with Gasteiger partial charge in [0.1, 0.15) is 0 Å². The predicted molar refractivity (Wildman–Crippen MR) is 76.8 cm³/mol. The normalized spacial score (nSPS) is 10.3. The van der Waals surface area contributed by atoms with E-state index in [1.807, 2.05) is 0 Å². The van der Waals surface area contributed by atoms with Crippen molar-refractivity contribution in [1.29, 1.82) is 0 Å². The van der Waals surface area contributed by atoms with Crippen LogP contribution in [0, 0.1) is 6.92 Å². The van der Waals surface area contributed by atoms with Gasteiger partial charge in [0.15, 0.2) is 11.5 Å². The molecule has 0 amide bonds. The van der Waals surface area contributed by atoms with Crippen LogP contribution in [0.25, 0.3) is 11.1 Å². The maximum absolute atomic E-state index is 11.2. The van der Waals surface area contributed by atoms with Gasteiger partial charge >= 0.3 is 5.97 Å². The third-order valence-corrected chi connectivity index (χ3v) is 3.51. The van der Waals surface area contributed by atoms with Gasteiger partial charge in [0, 0.05) is 10.6 Å². The van der Waals surface area contributed by atoms with Gasteiger partial charge in [-0.15, -0.1) is 0 Å². The Labute approximate surface area is 121 Å². The SMILES string of the molecule is COc1cc(C(=O)O)cc(-c2cccc(Cl)c2C)c1O. The van der Waals surface area contributed by atoms with E-state index in [0.717, 1.165) is 5.56 Å². The molecule has 2 aromatic rings. The highest BCUT2D eigenvalue weighted by Gasteiger charge is 2.17. The highest BCUT2D eigenvalue weighted by Crippen LogP contribution is 2.40. The summed E-state index contributed by atoms with van der Waals surface area (Å²) in [7, 11) is 1.37. The van der Waals surface area contributed by atoms with E-state index in [4.69, 9.17) is 21.4 Å². The first-order valence-corrected chi connectivity index (χ1v) is 6.23. The molecule has 0 aliphatic rings. The number of methoxy groups -OCH3 is 1. The number of carbonyl (C=O) groups is 1. The van der Waals surface area contributed by atoms with Gasteiger partial charge in [-0.2, -0.15) is 0 Å². The fourth-order valence-corrected chi connectivity index (χ4v) is 2.17. The van der Waals surface area contributed by atoms with Gasteiger partial charge in [0.25, 0.3) is 0 Å². The minimum Gasteiger partial charge on any atom is -0.504 e. The number of ether oxygens (including phenoxy) is 1. The number of phenolic OH excluding ortho intramolecular Hbond substituents is 1. The number of aromatic carboxylic acids is 1. The second kappa shape index (κ2) is 5.43. The van der Waals surface area contributed by atoms with Crippen molar-refractivity contribution in [2.45, 2.75) is 6.92 Å². The lowest BCUT2D eigenvalue weighted by Crippen LogP contribution is -1.99. The number of carboxylic acid groups (broad SMARTS) is 1. The molecule has 104 valence electrons. The molecule has 0 atom stereocenters. The zero-order valence-electron chi connectivity index (χ0n) is 11.0. The summed E-state index contributed by atoms with van der Waals surface area (Å²) in [6.45, 7) is 1.80. The Morgan fingerprint density at radius 3 is 2.55 bits per heavy atom. The monoisotopic (exact) mass is 292 g/mol. The number of benzene rings is 2. The average Bonchev–Trinajstić information content (AvgIpc) is 2.42. The molecule has 0 bridgehead atoms. The number of hydrogen-bond acceptors (Lipinski definition) is 3. The summed E-state index contributed by atoms with van der Waals surface area (Å²) in [6, 6.07) is 7.92. The summed E-state index contributed by atoms with van der Waals surface area (Å²) in [5.74, 6) is -1.09. The molecule has 0 heterocycles. The van der Waals surface area contributed by atoms with E-state index in [0.29, 0.717) is 16.1 Å². The lowest BCUT2D eigenvalue weighted by molar-refractivity contribution is 0.0696. The average molecular weight is 293 g/mol. The maximum Gasteiger partial charge on any atom is 0.335 e. The Morgan fingerprint density at radius 2 is 1.95 bits per heavy atom. The minimum absolute atomic E-state index is 0.0361. The topological polar surface area (TPSA) is 66.8 Å². The van der Waals surface area contributed by atoms with Crippen molar-refractivity contribution < 1.29 is 19.7 Å². The van der Waals surface area contributed by atoms with Crippen LogP contribution >= 0.6 is 11.6 Å². The van der Waals surface area contributed by atoms with Crippen molar-refractivity contribution in [1.82, 2.24) is 0 Å². The van der Waals surface area contributed by atoms with Gasteiger partial charge in [-0.3, -0.25) is 0 Å². The van der Waals surface area contributed by atoms with Crippen LogP contribution in [-0.4, -0.2) is 23.3 Å². The molecule has 2 aromatic carbocycles. The van der Waals surface area contributed by atoms with Crippen molar-refractivity contribution in [3.8, 4) is 22.6 Å². The van der Waals surface area contributed by atoms with Gasteiger partial charge < -0.3 is 14.9 Å². The zero-order chi connectivity index (χ0) is 14.9. The number of rotatable bonds is 3. The highest BCUT2D eigenvalue weighted by atomic mass is 35.5. The lowest BCUT2D eigenvalue weighted by Gasteiger charge is -2.13. The molecular weight excluding hydrogens is 280 g/mol. The molecular formula is C15H13ClO4. The molecule has 0 radical (unpaired) electrons. The third-order valence-electron chi connectivity index (χ3n) is 3.10. The molecule has 5 heteroatoms. The fourth-order valence-electron chi connectivity index (χ4n) is 1.99. The molecule has 0 unspecified atom stereocenters. The van der Waals surface area contributed by atoms with Crippen LogP contribution in [0.15, 0.2) is 30.3 Å². The maximum atomic E-state index is 11.2.